The molecule has 5 N–H and O–H groups in total. The molecule has 0 radical (unpaired) electrons. The molecule has 3 amide bonds. The average Bonchev–Trinajstić information content (AvgIpc) is 2.91. The molecule has 12 heteroatoms. The predicted octanol–water partition coefficient (Wildman–Crippen LogP) is -0.126. The van der Waals surface area contributed by atoms with Crippen LogP contribution in [0.1, 0.15) is 17.5 Å². The highest BCUT2D eigenvalue weighted by Gasteiger charge is 2.30. The van der Waals surface area contributed by atoms with Crippen molar-refractivity contribution in [2.24, 2.45) is 5.73 Å². The van der Waals surface area contributed by atoms with Crippen molar-refractivity contribution in [1.29, 1.82) is 0 Å². The fourth-order valence-electron chi connectivity index (χ4n) is 3.73. The molecule has 2 rings (SSSR count). The highest BCUT2D eigenvalue weighted by atomic mass is 32.2. The third kappa shape index (κ3) is 10.9. The van der Waals surface area contributed by atoms with E-state index in [4.69, 9.17) is 5.73 Å². The molecule has 0 saturated heterocycles. The van der Waals surface area contributed by atoms with E-state index in [9.17, 15) is 28.5 Å². The van der Waals surface area contributed by atoms with Gasteiger partial charge >= 0.3 is 5.97 Å². The van der Waals surface area contributed by atoms with E-state index in [0.29, 0.717) is 5.56 Å². The van der Waals surface area contributed by atoms with E-state index in [0.717, 1.165) is 10.5 Å². The number of ether oxygens (including phenoxy) is 1. The topological polar surface area (TPSA) is 168 Å². The Balaban J connectivity index is 2.19. The molecule has 0 heterocycles. The summed E-state index contributed by atoms with van der Waals surface area (Å²) in [4.78, 5) is 52.3. The first-order valence-electron chi connectivity index (χ1n) is 12.3. The Labute approximate surface area is 230 Å². The predicted molar refractivity (Wildman–Crippen MR) is 147 cm³/mol. The zero-order chi connectivity index (χ0) is 28.9. The Bertz CT molecular complexity index is 1140. The van der Waals surface area contributed by atoms with Gasteiger partial charge in [0.15, 0.2) is 0 Å². The molecule has 0 aliphatic carbocycles. The number of hydrogen-bond acceptors (Lipinski definition) is 8. The van der Waals surface area contributed by atoms with Crippen molar-refractivity contribution < 1.29 is 33.2 Å². The number of nitrogens with zero attached hydrogens (tertiary/aromatic N) is 1. The molecule has 212 valence electrons. The maximum absolute atomic E-state index is 13.4. The van der Waals surface area contributed by atoms with Crippen molar-refractivity contribution in [3.05, 3.63) is 65.7 Å². The highest BCUT2D eigenvalue weighted by Crippen LogP contribution is 2.11. The monoisotopic (exact) mass is 560 g/mol. The Morgan fingerprint density at radius 1 is 0.949 bits per heavy atom. The second-order valence-electron chi connectivity index (χ2n) is 9.13. The molecule has 0 aliphatic rings. The average molecular weight is 561 g/mol. The number of carbonyl (C=O) groups is 4. The second kappa shape index (κ2) is 15.6. The summed E-state index contributed by atoms with van der Waals surface area (Å²) in [6.45, 7) is -0.308. The molecule has 11 nitrogen and oxygen atoms in total. The van der Waals surface area contributed by atoms with Crippen LogP contribution in [0.5, 0.6) is 5.75 Å². The standard InChI is InChI=1S/C27H36N4O7S/c1-31(17-24(33)38-2)27(36)23(16-18-7-5-4-6-8-18)30-26(35)22(13-14-39(3)37)29-25(34)21(28)15-19-9-11-20(32)12-10-19/h4-12,21-23,32H,13-17,28H2,1-3H3,(H,29,34)(H,30,35)/t21-,22-,23-,39?/m0/s1. The van der Waals surface area contributed by atoms with Gasteiger partial charge in [0.1, 0.15) is 24.4 Å². The quantitative estimate of drug-likeness (QED) is 0.232. The van der Waals surface area contributed by atoms with Crippen LogP contribution in [-0.4, -0.2) is 88.7 Å². The number of amides is 3. The molecule has 4 atom stereocenters. The summed E-state index contributed by atoms with van der Waals surface area (Å²) >= 11 is 0. The number of nitrogens with two attached hydrogens (primary N) is 1. The van der Waals surface area contributed by atoms with E-state index < -0.39 is 52.6 Å². The van der Waals surface area contributed by atoms with Gasteiger partial charge < -0.3 is 31.1 Å². The van der Waals surface area contributed by atoms with E-state index in [1.807, 2.05) is 6.07 Å². The normalized spacial score (nSPS) is 13.8. The Morgan fingerprint density at radius 3 is 2.13 bits per heavy atom. The fourth-order valence-corrected chi connectivity index (χ4v) is 4.30. The van der Waals surface area contributed by atoms with Gasteiger partial charge in [0.05, 0.1) is 13.2 Å². The minimum absolute atomic E-state index is 0.0524. The molecular formula is C27H36N4O7S. The number of methoxy groups -OCH3 is 1. The molecule has 0 spiro atoms. The zero-order valence-electron chi connectivity index (χ0n) is 22.3. The SMILES string of the molecule is COC(=O)CN(C)C(=O)[C@H](Cc1ccccc1)NC(=O)[C@H](CCS(C)=O)NC(=O)[C@@H](N)Cc1ccc(O)cc1. The Morgan fingerprint density at radius 2 is 1.54 bits per heavy atom. The molecule has 2 aromatic rings. The maximum atomic E-state index is 13.4. The first kappa shape index (κ1) is 31.4. The van der Waals surface area contributed by atoms with Crippen LogP contribution in [0.4, 0.5) is 0 Å². The number of hydrogen-bond donors (Lipinski definition) is 4. The number of carbonyl (C=O) groups excluding carboxylic acids is 4. The van der Waals surface area contributed by atoms with Crippen LogP contribution >= 0.6 is 0 Å². The molecule has 0 saturated carbocycles. The van der Waals surface area contributed by atoms with Crippen molar-refractivity contribution in [3.8, 4) is 5.75 Å². The molecule has 0 fully saturated rings. The van der Waals surface area contributed by atoms with Crippen LogP contribution in [0.3, 0.4) is 0 Å². The van der Waals surface area contributed by atoms with Crippen molar-refractivity contribution in [3.63, 3.8) is 0 Å². The summed E-state index contributed by atoms with van der Waals surface area (Å²) in [7, 11) is 1.39. The van der Waals surface area contributed by atoms with Gasteiger partial charge in [-0.1, -0.05) is 42.5 Å². The number of rotatable bonds is 14. The summed E-state index contributed by atoms with van der Waals surface area (Å²) < 4.78 is 16.4. The minimum Gasteiger partial charge on any atom is -0.508 e. The maximum Gasteiger partial charge on any atom is 0.325 e. The molecule has 0 bridgehead atoms. The number of aromatic hydroxyl groups is 1. The van der Waals surface area contributed by atoms with Gasteiger partial charge in [0, 0.05) is 36.3 Å². The highest BCUT2D eigenvalue weighted by molar-refractivity contribution is 7.84. The lowest BCUT2D eigenvalue weighted by molar-refractivity contribution is -0.147. The van der Waals surface area contributed by atoms with Gasteiger partial charge in [-0.05, 0) is 36.1 Å². The van der Waals surface area contributed by atoms with Gasteiger partial charge in [-0.25, -0.2) is 0 Å². The van der Waals surface area contributed by atoms with E-state index >= 15 is 0 Å². The molecule has 1 unspecified atom stereocenters. The smallest absolute Gasteiger partial charge is 0.325 e. The minimum atomic E-state index is -1.24. The van der Waals surface area contributed by atoms with Crippen LogP contribution in [0, 0.1) is 0 Å². The van der Waals surface area contributed by atoms with E-state index in [1.165, 1.54) is 32.5 Å². The molecule has 0 aromatic heterocycles. The van der Waals surface area contributed by atoms with Crippen LogP contribution < -0.4 is 16.4 Å². The summed E-state index contributed by atoms with van der Waals surface area (Å²) in [6, 6.07) is 12.1. The van der Waals surface area contributed by atoms with E-state index in [-0.39, 0.29) is 37.3 Å². The van der Waals surface area contributed by atoms with Crippen molar-refractivity contribution in [1.82, 2.24) is 15.5 Å². The van der Waals surface area contributed by atoms with Crippen molar-refractivity contribution >= 4 is 34.5 Å². The van der Waals surface area contributed by atoms with Crippen LogP contribution in [0.15, 0.2) is 54.6 Å². The van der Waals surface area contributed by atoms with Crippen molar-refractivity contribution in [2.45, 2.75) is 37.4 Å². The Hall–Kier alpha value is -3.77. The second-order valence-corrected chi connectivity index (χ2v) is 10.7. The van der Waals surface area contributed by atoms with Gasteiger partial charge in [0.25, 0.3) is 0 Å². The molecule has 2 aromatic carbocycles. The summed E-state index contributed by atoms with van der Waals surface area (Å²) in [5.74, 6) is -2.17. The van der Waals surface area contributed by atoms with E-state index in [2.05, 4.69) is 15.4 Å². The van der Waals surface area contributed by atoms with Gasteiger partial charge in [-0.2, -0.15) is 0 Å². The zero-order valence-corrected chi connectivity index (χ0v) is 23.1. The fraction of sp³-hybridized carbons (Fsp3) is 0.407. The number of phenolic OH excluding ortho intramolecular Hbond substituents is 1. The van der Waals surface area contributed by atoms with Crippen LogP contribution in [0.2, 0.25) is 0 Å². The van der Waals surface area contributed by atoms with Gasteiger partial charge in [-0.3, -0.25) is 23.4 Å². The van der Waals surface area contributed by atoms with Crippen molar-refractivity contribution in [2.75, 3.05) is 32.7 Å². The summed E-state index contributed by atoms with van der Waals surface area (Å²) in [5.41, 5.74) is 7.56. The largest absolute Gasteiger partial charge is 0.508 e. The van der Waals surface area contributed by atoms with Crippen LogP contribution in [-0.2, 0) is 47.6 Å². The van der Waals surface area contributed by atoms with Gasteiger partial charge in [-0.15, -0.1) is 0 Å². The van der Waals surface area contributed by atoms with E-state index in [1.54, 1.807) is 36.4 Å². The third-order valence-electron chi connectivity index (χ3n) is 5.92. The third-order valence-corrected chi connectivity index (χ3v) is 6.73. The lowest BCUT2D eigenvalue weighted by atomic mass is 10.0. The van der Waals surface area contributed by atoms with Gasteiger partial charge in [0.2, 0.25) is 17.7 Å². The molecular weight excluding hydrogens is 524 g/mol. The lowest BCUT2D eigenvalue weighted by Gasteiger charge is -2.27. The number of nitrogens with one attached hydrogen (secondary N) is 2. The Kier molecular flexibility index (Phi) is 12.6. The first-order valence-corrected chi connectivity index (χ1v) is 14.0. The number of phenols is 1. The number of likely N-dealkylation sites (N-methyl/N-ethyl adjacent to an activating group) is 1. The molecule has 39 heavy (non-hydrogen) atoms. The first-order chi connectivity index (χ1) is 18.5. The number of esters is 1. The lowest BCUT2D eigenvalue weighted by Crippen LogP contribution is -2.57. The summed E-state index contributed by atoms with van der Waals surface area (Å²) in [5, 5.41) is 14.8. The number of benzene rings is 2. The van der Waals surface area contributed by atoms with Crippen LogP contribution in [0.25, 0.3) is 0 Å². The summed E-state index contributed by atoms with van der Waals surface area (Å²) in [6.07, 6.45) is 1.83. The molecule has 0 aliphatic heterocycles.